The Labute approximate surface area is 126 Å². The van der Waals surface area contributed by atoms with Gasteiger partial charge in [-0.3, -0.25) is 14.5 Å². The molecule has 0 saturated heterocycles. The van der Waals surface area contributed by atoms with Crippen LogP contribution in [0.25, 0.3) is 10.2 Å². The van der Waals surface area contributed by atoms with Gasteiger partial charge in [-0.05, 0) is 23.9 Å². The van der Waals surface area contributed by atoms with Crippen molar-refractivity contribution >= 4 is 27.3 Å². The Balaban J connectivity index is 2.06. The summed E-state index contributed by atoms with van der Waals surface area (Å²) in [5, 5.41) is 6.19. The van der Waals surface area contributed by atoms with Crippen LogP contribution >= 0.6 is 11.3 Å². The highest BCUT2D eigenvalue weighted by atomic mass is 32.1. The fraction of sp³-hybridized carbons (Fsp3) is 0.267. The van der Waals surface area contributed by atoms with Gasteiger partial charge in [0, 0.05) is 18.3 Å². The topological polar surface area (TPSA) is 57.0 Å². The highest BCUT2D eigenvalue weighted by Crippen LogP contribution is 2.24. The van der Waals surface area contributed by atoms with Gasteiger partial charge in [0.05, 0.1) is 23.5 Å². The number of nitrogens with zero attached hydrogens (tertiary/aromatic N) is 3. The summed E-state index contributed by atoms with van der Waals surface area (Å²) in [6, 6.07) is 3.81. The summed E-state index contributed by atoms with van der Waals surface area (Å²) < 4.78 is 7.96. The van der Waals surface area contributed by atoms with Crippen molar-refractivity contribution in [3.63, 3.8) is 0 Å². The molecule has 3 aromatic heterocycles. The predicted octanol–water partition coefficient (Wildman–Crippen LogP) is 3.14. The van der Waals surface area contributed by atoms with Gasteiger partial charge in [0.15, 0.2) is 11.4 Å². The number of aryl methyl sites for hydroxylation is 1. The van der Waals surface area contributed by atoms with Crippen molar-refractivity contribution < 1.29 is 9.53 Å². The Hall–Kier alpha value is -2.21. The molecular weight excluding hydrogens is 286 g/mol. The van der Waals surface area contributed by atoms with E-state index in [1.807, 2.05) is 24.4 Å². The fourth-order valence-corrected chi connectivity index (χ4v) is 3.02. The van der Waals surface area contributed by atoms with Gasteiger partial charge >= 0.3 is 0 Å². The second-order valence-corrected chi connectivity index (χ2v) is 5.59. The summed E-state index contributed by atoms with van der Waals surface area (Å²) in [5.41, 5.74) is 1.95. The standard InChI is InChI=1S/C15H15N3O2S/c1-3-5-18-14(12(20-2)9-17-18)15(19)10-7-13-11(16-8-10)4-6-21-13/h4,6-9H,3,5H2,1-2H3. The van der Waals surface area contributed by atoms with E-state index >= 15 is 0 Å². The van der Waals surface area contributed by atoms with Crippen LogP contribution in [0, 0.1) is 0 Å². The van der Waals surface area contributed by atoms with Crippen molar-refractivity contribution in [3.8, 4) is 5.75 Å². The van der Waals surface area contributed by atoms with Gasteiger partial charge in [0.1, 0.15) is 0 Å². The Morgan fingerprint density at radius 1 is 1.43 bits per heavy atom. The van der Waals surface area contributed by atoms with Gasteiger partial charge in [-0.25, -0.2) is 0 Å². The van der Waals surface area contributed by atoms with Gasteiger partial charge in [-0.15, -0.1) is 11.3 Å². The van der Waals surface area contributed by atoms with Crippen molar-refractivity contribution in [3.05, 3.63) is 41.2 Å². The van der Waals surface area contributed by atoms with E-state index in [9.17, 15) is 4.79 Å². The molecule has 0 atom stereocenters. The Morgan fingerprint density at radius 3 is 3.05 bits per heavy atom. The molecule has 21 heavy (non-hydrogen) atoms. The number of hydrogen-bond acceptors (Lipinski definition) is 5. The van der Waals surface area contributed by atoms with Crippen LogP contribution in [0.15, 0.2) is 29.9 Å². The van der Waals surface area contributed by atoms with Crippen LogP contribution in [0.3, 0.4) is 0 Å². The fourth-order valence-electron chi connectivity index (χ4n) is 2.24. The quantitative estimate of drug-likeness (QED) is 0.679. The molecule has 3 heterocycles. The number of ether oxygens (including phenoxy) is 1. The molecular formula is C15H15N3O2S. The van der Waals surface area contributed by atoms with Crippen LogP contribution in [-0.4, -0.2) is 27.7 Å². The number of pyridine rings is 1. The molecule has 0 amide bonds. The third-order valence-electron chi connectivity index (χ3n) is 3.24. The van der Waals surface area contributed by atoms with Crippen molar-refractivity contribution in [1.29, 1.82) is 0 Å². The number of rotatable bonds is 5. The van der Waals surface area contributed by atoms with E-state index in [-0.39, 0.29) is 5.78 Å². The minimum absolute atomic E-state index is 0.111. The zero-order valence-electron chi connectivity index (χ0n) is 11.9. The van der Waals surface area contributed by atoms with E-state index in [1.165, 1.54) is 0 Å². The molecule has 0 bridgehead atoms. The largest absolute Gasteiger partial charge is 0.493 e. The lowest BCUT2D eigenvalue weighted by Crippen LogP contribution is -2.12. The lowest BCUT2D eigenvalue weighted by atomic mass is 10.1. The molecule has 3 rings (SSSR count). The average molecular weight is 301 g/mol. The maximum atomic E-state index is 12.8. The molecule has 0 aliphatic heterocycles. The molecule has 3 aromatic rings. The number of ketones is 1. The normalized spacial score (nSPS) is 11.0. The van der Waals surface area contributed by atoms with Crippen LogP contribution in [0.5, 0.6) is 5.75 Å². The lowest BCUT2D eigenvalue weighted by molar-refractivity contribution is 0.102. The molecule has 0 unspecified atom stereocenters. The monoisotopic (exact) mass is 301 g/mol. The summed E-state index contributed by atoms with van der Waals surface area (Å²) in [5.74, 6) is 0.389. The number of fused-ring (bicyclic) bond motifs is 1. The van der Waals surface area contributed by atoms with Crippen LogP contribution in [-0.2, 0) is 6.54 Å². The first-order valence-corrected chi connectivity index (χ1v) is 7.60. The SMILES string of the molecule is CCCn1ncc(OC)c1C(=O)c1cnc2ccsc2c1. The Bertz CT molecular complexity index is 791. The maximum absolute atomic E-state index is 12.8. The second-order valence-electron chi connectivity index (χ2n) is 4.64. The highest BCUT2D eigenvalue weighted by molar-refractivity contribution is 7.17. The van der Waals surface area contributed by atoms with Crippen molar-refractivity contribution in [1.82, 2.24) is 14.8 Å². The van der Waals surface area contributed by atoms with Crippen molar-refractivity contribution in [2.24, 2.45) is 0 Å². The number of carbonyl (C=O) groups is 1. The molecule has 108 valence electrons. The zero-order chi connectivity index (χ0) is 14.8. The minimum atomic E-state index is -0.111. The summed E-state index contributed by atoms with van der Waals surface area (Å²) in [7, 11) is 1.55. The summed E-state index contributed by atoms with van der Waals surface area (Å²) in [4.78, 5) is 17.1. The van der Waals surface area contributed by atoms with Gasteiger partial charge in [-0.1, -0.05) is 6.92 Å². The summed E-state index contributed by atoms with van der Waals surface area (Å²) in [6.45, 7) is 2.72. The molecule has 0 saturated carbocycles. The Kier molecular flexibility index (Phi) is 3.70. The second kappa shape index (κ2) is 5.65. The molecule has 0 aliphatic carbocycles. The van der Waals surface area contributed by atoms with Crippen LogP contribution < -0.4 is 4.74 Å². The van der Waals surface area contributed by atoms with Gasteiger partial charge in [-0.2, -0.15) is 5.10 Å². The van der Waals surface area contributed by atoms with Crippen LogP contribution in [0.2, 0.25) is 0 Å². The summed E-state index contributed by atoms with van der Waals surface area (Å²) >= 11 is 1.57. The van der Waals surface area contributed by atoms with E-state index in [0.29, 0.717) is 23.6 Å². The molecule has 0 N–H and O–H groups in total. The minimum Gasteiger partial charge on any atom is -0.493 e. The molecule has 6 heteroatoms. The first-order chi connectivity index (χ1) is 10.2. The van der Waals surface area contributed by atoms with E-state index in [4.69, 9.17) is 4.74 Å². The Morgan fingerprint density at radius 2 is 2.29 bits per heavy atom. The van der Waals surface area contributed by atoms with E-state index < -0.39 is 0 Å². The number of methoxy groups -OCH3 is 1. The summed E-state index contributed by atoms with van der Waals surface area (Å²) in [6.07, 6.45) is 4.09. The van der Waals surface area contributed by atoms with Crippen LogP contribution in [0.1, 0.15) is 29.4 Å². The molecule has 0 spiro atoms. The van der Waals surface area contributed by atoms with Crippen molar-refractivity contribution in [2.45, 2.75) is 19.9 Å². The lowest BCUT2D eigenvalue weighted by Gasteiger charge is -2.07. The third kappa shape index (κ3) is 2.42. The highest BCUT2D eigenvalue weighted by Gasteiger charge is 2.21. The third-order valence-corrected chi connectivity index (χ3v) is 4.09. The van der Waals surface area contributed by atoms with Crippen molar-refractivity contribution in [2.75, 3.05) is 7.11 Å². The maximum Gasteiger partial charge on any atom is 0.216 e. The number of hydrogen-bond donors (Lipinski definition) is 0. The van der Waals surface area contributed by atoms with E-state index in [0.717, 1.165) is 16.6 Å². The van der Waals surface area contributed by atoms with Gasteiger partial charge in [0.2, 0.25) is 5.78 Å². The molecule has 5 nitrogen and oxygen atoms in total. The number of thiophene rings is 1. The zero-order valence-corrected chi connectivity index (χ0v) is 12.7. The first kappa shape index (κ1) is 13.8. The predicted molar refractivity (Wildman–Crippen MR) is 82.1 cm³/mol. The van der Waals surface area contributed by atoms with Gasteiger partial charge in [0.25, 0.3) is 0 Å². The number of aromatic nitrogens is 3. The number of carbonyl (C=O) groups excluding carboxylic acids is 1. The van der Waals surface area contributed by atoms with E-state index in [2.05, 4.69) is 10.1 Å². The average Bonchev–Trinajstić information content (AvgIpc) is 3.12. The molecule has 0 radical (unpaired) electrons. The molecule has 0 fully saturated rings. The molecule has 0 aliphatic rings. The van der Waals surface area contributed by atoms with E-state index in [1.54, 1.807) is 35.5 Å². The smallest absolute Gasteiger partial charge is 0.216 e. The first-order valence-electron chi connectivity index (χ1n) is 6.72. The van der Waals surface area contributed by atoms with Crippen LogP contribution in [0.4, 0.5) is 0 Å². The van der Waals surface area contributed by atoms with Gasteiger partial charge < -0.3 is 4.74 Å². The molecule has 0 aromatic carbocycles.